The first kappa shape index (κ1) is 67.4. The predicted octanol–water partition coefficient (Wildman–Crippen LogP) is 4.63. The quantitative estimate of drug-likeness (QED) is 0.127. The van der Waals surface area contributed by atoms with Crippen LogP contribution in [0.25, 0.3) is 0 Å². The first-order valence-corrected chi connectivity index (χ1v) is 30.1. The molecule has 10 aliphatic rings. The summed E-state index contributed by atoms with van der Waals surface area (Å²) in [6.07, 6.45) is -13.8. The van der Waals surface area contributed by atoms with E-state index in [4.69, 9.17) is 9.47 Å². The van der Waals surface area contributed by atoms with Gasteiger partial charge in [0.2, 0.25) is 0 Å². The number of amides is 2. The summed E-state index contributed by atoms with van der Waals surface area (Å²) in [6.45, 7) is 17.1. The van der Waals surface area contributed by atoms with Gasteiger partial charge in [0.1, 0.15) is 34.8 Å². The highest BCUT2D eigenvalue weighted by Gasteiger charge is 2.55. The number of likely N-dealkylation sites (tertiary alicyclic amines) is 3. The topological polar surface area (TPSA) is 240 Å². The molecule has 2 amide bonds. The molecular formula is C60H77F10N13O8. The van der Waals surface area contributed by atoms with Crippen LogP contribution in [-0.2, 0) is 34.5 Å². The van der Waals surface area contributed by atoms with Crippen LogP contribution < -0.4 is 36.0 Å². The molecule has 91 heavy (non-hydrogen) atoms. The van der Waals surface area contributed by atoms with Crippen molar-refractivity contribution in [1.82, 2.24) is 50.9 Å². The molecule has 14 rings (SSSR count). The molecule has 5 unspecified atom stereocenters. The highest BCUT2D eigenvalue weighted by atomic mass is 19.4. The van der Waals surface area contributed by atoms with Crippen molar-refractivity contribution in [1.29, 1.82) is 0 Å². The van der Waals surface area contributed by atoms with E-state index in [1.165, 1.54) is 10.5 Å². The number of hydrogen-bond acceptors (Lipinski definition) is 19. The van der Waals surface area contributed by atoms with Gasteiger partial charge < -0.3 is 65.9 Å². The fraction of sp³-hybridized carbons (Fsp3) is 0.617. The number of hydrogen-bond donors (Lipinski definition) is 8. The van der Waals surface area contributed by atoms with E-state index in [0.29, 0.717) is 51.4 Å². The summed E-state index contributed by atoms with van der Waals surface area (Å²) >= 11 is 0. The summed E-state index contributed by atoms with van der Waals surface area (Å²) in [5, 5.41) is 52.4. The number of piperazine rings is 5. The van der Waals surface area contributed by atoms with Crippen molar-refractivity contribution in [3.05, 3.63) is 108 Å². The molecule has 10 fully saturated rings. The maximum atomic E-state index is 13.7. The largest absolute Gasteiger partial charge is 0.444 e. The first-order valence-electron chi connectivity index (χ1n) is 30.1. The van der Waals surface area contributed by atoms with E-state index >= 15 is 0 Å². The number of pyridine rings is 3. The van der Waals surface area contributed by atoms with Crippen LogP contribution in [0, 0.1) is 0 Å². The molecule has 3 aromatic heterocycles. The number of nitrogens with zero attached hydrogens (tertiary/aromatic N) is 9. The Hall–Kier alpha value is -6.45. The van der Waals surface area contributed by atoms with E-state index in [-0.39, 0.29) is 72.9 Å². The Morgan fingerprint density at radius 3 is 1.22 bits per heavy atom. The van der Waals surface area contributed by atoms with Crippen molar-refractivity contribution in [3.63, 3.8) is 0 Å². The number of anilines is 3. The fourth-order valence-electron chi connectivity index (χ4n) is 13.3. The number of alkyl halides is 10. The summed E-state index contributed by atoms with van der Waals surface area (Å²) in [6, 6.07) is 14.7. The van der Waals surface area contributed by atoms with Gasteiger partial charge in [-0.25, -0.2) is 28.9 Å². The number of rotatable bonds is 5. The number of aliphatic hydroxyl groups excluding tert-OH is 4. The van der Waals surface area contributed by atoms with Crippen molar-refractivity contribution < 1.29 is 83.4 Å². The van der Waals surface area contributed by atoms with Gasteiger partial charge in [-0.1, -0.05) is 30.3 Å². The van der Waals surface area contributed by atoms with Crippen LogP contribution in [0.1, 0.15) is 63.8 Å². The minimum atomic E-state index is -4.46. The van der Waals surface area contributed by atoms with Gasteiger partial charge in [-0.05, 0) is 83.5 Å². The molecular weight excluding hydrogens is 1220 g/mol. The number of nitrogens with one attached hydrogen (secondary N) is 4. The number of fused-ring (bicyclic) bond motifs is 10. The maximum absolute atomic E-state index is 13.7. The van der Waals surface area contributed by atoms with Crippen LogP contribution >= 0.6 is 0 Å². The van der Waals surface area contributed by atoms with Crippen LogP contribution in [0.3, 0.4) is 0 Å². The second-order valence-electron chi connectivity index (χ2n) is 26.2. The summed E-state index contributed by atoms with van der Waals surface area (Å²) in [4.78, 5) is 46.3. The van der Waals surface area contributed by atoms with E-state index in [1.54, 1.807) is 40.4 Å². The van der Waals surface area contributed by atoms with Gasteiger partial charge in [0, 0.05) is 96.6 Å². The average molecular weight is 1300 g/mol. The van der Waals surface area contributed by atoms with Crippen LogP contribution in [-0.4, -0.2) is 230 Å². The Balaban J connectivity index is 0.000000126. The second kappa shape index (κ2) is 26.2. The third-order valence-corrected chi connectivity index (χ3v) is 17.8. The van der Waals surface area contributed by atoms with Crippen LogP contribution in [0.4, 0.5) is 70.9 Å². The summed E-state index contributed by atoms with van der Waals surface area (Å²) in [5.74, 6) is 0.615. The lowest BCUT2D eigenvalue weighted by Crippen LogP contribution is -2.50. The summed E-state index contributed by atoms with van der Waals surface area (Å²) in [5.41, 5.74) is -2.06. The predicted molar refractivity (Wildman–Crippen MR) is 311 cm³/mol. The molecule has 500 valence electrons. The third kappa shape index (κ3) is 15.1. The van der Waals surface area contributed by atoms with Gasteiger partial charge in [0.15, 0.2) is 0 Å². The fourth-order valence-corrected chi connectivity index (χ4v) is 13.3. The molecule has 0 saturated carbocycles. The Bertz CT molecular complexity index is 3080. The number of aliphatic hydroxyl groups is 4. The lowest BCUT2D eigenvalue weighted by atomic mass is 10.2. The molecule has 1 aromatic carbocycles. The smallest absolute Gasteiger partial charge is 0.416 e. The molecule has 10 aliphatic heterocycles. The summed E-state index contributed by atoms with van der Waals surface area (Å²) in [7, 11) is 0. The monoisotopic (exact) mass is 1300 g/mol. The standard InChI is InChI=1S/C16H20F3N3O3.C12H16N2O.C11H11F4N3.C11H12F3N3O.C10H18N2O3/c1-15(2,3)25-14(24)22-8-10-13(23)11(22)7-21(10)12-6-9(4-5-20-12)16(17,18)19;15-12-10-8-14(11(12)6-13-10)7-9-4-2-1-3-5-9;12-10-7-5-18(8(10)4-17-7)9-3-6(1-2-16-9)11(13,14)15;12-11(13,14)6-1-2-15-9(3-6)17-5-7-10(18)8(17)4-16-7;1-10(2,3)15-9(14)12-5-6-8(13)7(12)4-11-6/h4-6,10-11,13,23H,7-8H2,1-3H3;1-5,10-13,15H,6-8H2;1-3,7-8,10,17H,4-5H2;1-3,7-8,10,16,18H,4-5H2;6-8,11,13H,4-5H2,1-3H3/t10-,11-,13?;10-,11-,12?;2*7-,8-,10?;6-,7-,8?/m11111/s1. The molecule has 0 radical (unpaired) electrons. The molecule has 31 heteroatoms. The van der Waals surface area contributed by atoms with E-state index in [2.05, 4.69) is 65.4 Å². The van der Waals surface area contributed by atoms with Gasteiger partial charge in [-0.3, -0.25) is 14.7 Å². The van der Waals surface area contributed by atoms with Crippen molar-refractivity contribution in [2.24, 2.45) is 0 Å². The van der Waals surface area contributed by atoms with Gasteiger partial charge in [0.05, 0.1) is 95.5 Å². The number of carbonyl (C=O) groups is 2. The Labute approximate surface area is 519 Å². The van der Waals surface area contributed by atoms with Crippen molar-refractivity contribution in [2.45, 2.75) is 169 Å². The number of halogens is 10. The van der Waals surface area contributed by atoms with Gasteiger partial charge in [-0.15, -0.1) is 0 Å². The molecule has 21 nitrogen and oxygen atoms in total. The molecule has 15 atom stereocenters. The third-order valence-electron chi connectivity index (χ3n) is 17.8. The second-order valence-corrected chi connectivity index (χ2v) is 26.2. The zero-order chi connectivity index (χ0) is 65.9. The lowest BCUT2D eigenvalue weighted by molar-refractivity contribution is -0.138. The normalized spacial score (nSPS) is 31.0. The first-order chi connectivity index (χ1) is 42.6. The van der Waals surface area contributed by atoms with Gasteiger partial charge >= 0.3 is 30.7 Å². The van der Waals surface area contributed by atoms with Crippen LogP contribution in [0.5, 0.6) is 0 Å². The molecule has 8 N–H and O–H groups in total. The number of aromatic nitrogens is 3. The van der Waals surface area contributed by atoms with E-state index in [0.717, 1.165) is 74.6 Å². The summed E-state index contributed by atoms with van der Waals surface area (Å²) < 4.78 is 139. The van der Waals surface area contributed by atoms with E-state index in [1.807, 2.05) is 26.8 Å². The van der Waals surface area contributed by atoms with E-state index < -0.39 is 95.1 Å². The highest BCUT2D eigenvalue weighted by molar-refractivity contribution is 5.71. The molecule has 13 heterocycles. The Morgan fingerprint density at radius 2 is 0.868 bits per heavy atom. The van der Waals surface area contributed by atoms with Crippen LogP contribution in [0.15, 0.2) is 85.3 Å². The minimum Gasteiger partial charge on any atom is -0.444 e. The number of ether oxygens (including phenoxy) is 2. The van der Waals surface area contributed by atoms with E-state index in [9.17, 15) is 73.9 Å². The number of benzene rings is 1. The molecule has 10 bridgehead atoms. The maximum Gasteiger partial charge on any atom is 0.416 e. The van der Waals surface area contributed by atoms with Gasteiger partial charge in [0.25, 0.3) is 0 Å². The Morgan fingerprint density at radius 1 is 0.473 bits per heavy atom. The number of carbonyl (C=O) groups excluding carboxylic acids is 2. The zero-order valence-corrected chi connectivity index (χ0v) is 50.7. The molecule has 10 saturated heterocycles. The van der Waals surface area contributed by atoms with Crippen LogP contribution in [0.2, 0.25) is 0 Å². The SMILES string of the molecule is CC(C)(C)OC(=O)N1C[C@@H]2C(O)[C@H]1CN2c1cc(C(F)(F)F)ccn1.CC(C)(C)OC(=O)N1C[C@H]2NC[C@@H]1C2O.FC1[C@H]2CN[C@@H]1CN2c1cc(C(F)(F)F)ccn1.OC1[C@H]2CN[C@@H]1CN2Cc1ccccc1.OC1[C@H]2CN[C@@H]1CN2c1cc(C(F)(F)F)ccn1. The zero-order valence-electron chi connectivity index (χ0n) is 50.7. The molecule has 0 spiro atoms. The van der Waals surface area contributed by atoms with Crippen molar-refractivity contribution in [2.75, 3.05) is 80.1 Å². The molecule has 0 aliphatic carbocycles. The minimum absolute atomic E-state index is 0.0162. The van der Waals surface area contributed by atoms with Crippen molar-refractivity contribution in [3.8, 4) is 0 Å². The van der Waals surface area contributed by atoms with Crippen molar-refractivity contribution >= 4 is 29.6 Å². The van der Waals surface area contributed by atoms with Gasteiger partial charge in [-0.2, -0.15) is 39.5 Å². The highest BCUT2D eigenvalue weighted by Crippen LogP contribution is 2.40. The Kier molecular flexibility index (Phi) is 19.4. The molecule has 4 aromatic rings. The average Bonchev–Trinajstić information content (AvgIpc) is 1.78. The lowest BCUT2D eigenvalue weighted by Gasteiger charge is -2.35.